The van der Waals surface area contributed by atoms with Crippen LogP contribution in [0.4, 0.5) is 5.95 Å². The summed E-state index contributed by atoms with van der Waals surface area (Å²) in [6, 6.07) is 0. The molecule has 0 saturated carbocycles. The second kappa shape index (κ2) is 3.89. The Morgan fingerprint density at radius 2 is 1.83 bits per heavy atom. The number of nitrogens with two attached hydrogens (primary N) is 1. The summed E-state index contributed by atoms with van der Waals surface area (Å²) in [5.74, 6) is 0.0878. The molecule has 0 aliphatic heterocycles. The molecule has 66 valence electrons. The van der Waals surface area contributed by atoms with Gasteiger partial charge in [0.1, 0.15) is 10.3 Å². The van der Waals surface area contributed by atoms with E-state index >= 15 is 0 Å². The molecule has 0 radical (unpaired) electrons. The molecule has 6 heteroatoms. The molecule has 0 aliphatic rings. The summed E-state index contributed by atoms with van der Waals surface area (Å²) in [6.07, 6.45) is 0. The van der Waals surface area contributed by atoms with Crippen molar-refractivity contribution in [2.75, 3.05) is 12.8 Å². The Hall–Kier alpha value is -0.580. The zero-order valence-electron chi connectivity index (χ0n) is 6.43. The first-order chi connectivity index (χ1) is 5.65. The molecular weight excluding hydrogens is 199 g/mol. The maximum Gasteiger partial charge on any atom is 0.222 e. The lowest BCUT2D eigenvalue weighted by Crippen LogP contribution is -2.09. The van der Waals surface area contributed by atoms with Crippen molar-refractivity contribution in [1.29, 1.82) is 0 Å². The normalized spacial score (nSPS) is 10.2. The minimum absolute atomic E-state index is 0.0878. The van der Waals surface area contributed by atoms with Crippen molar-refractivity contribution in [3.8, 4) is 0 Å². The third-order valence-electron chi connectivity index (χ3n) is 1.28. The summed E-state index contributed by atoms with van der Waals surface area (Å²) in [7, 11) is 1.78. The number of aromatic nitrogens is 2. The van der Waals surface area contributed by atoms with Gasteiger partial charge in [-0.1, -0.05) is 23.2 Å². The van der Waals surface area contributed by atoms with Gasteiger partial charge in [-0.2, -0.15) is 0 Å². The average molecular weight is 207 g/mol. The van der Waals surface area contributed by atoms with Gasteiger partial charge < -0.3 is 11.1 Å². The quantitative estimate of drug-likeness (QED) is 0.712. The molecule has 0 fully saturated rings. The molecule has 0 spiro atoms. The van der Waals surface area contributed by atoms with Gasteiger partial charge in [-0.15, -0.1) is 0 Å². The van der Waals surface area contributed by atoms with Gasteiger partial charge in [-0.05, 0) is 7.05 Å². The van der Waals surface area contributed by atoms with E-state index in [2.05, 4.69) is 15.3 Å². The minimum atomic E-state index is 0.0878. The summed E-state index contributed by atoms with van der Waals surface area (Å²) in [5, 5.41) is 3.48. The van der Waals surface area contributed by atoms with Crippen LogP contribution in [-0.4, -0.2) is 17.0 Å². The van der Waals surface area contributed by atoms with E-state index in [1.165, 1.54) is 0 Å². The third kappa shape index (κ3) is 1.97. The molecule has 0 aromatic carbocycles. The van der Waals surface area contributed by atoms with Crippen molar-refractivity contribution in [3.63, 3.8) is 0 Å². The summed E-state index contributed by atoms with van der Waals surface area (Å²) in [4.78, 5) is 7.52. The van der Waals surface area contributed by atoms with E-state index in [-0.39, 0.29) is 5.95 Å². The fourth-order valence-electron chi connectivity index (χ4n) is 0.769. The van der Waals surface area contributed by atoms with Crippen LogP contribution in [0.25, 0.3) is 0 Å². The summed E-state index contributed by atoms with van der Waals surface area (Å²) in [6.45, 7) is 0.526. The van der Waals surface area contributed by atoms with Crippen molar-refractivity contribution in [2.24, 2.45) is 0 Å². The van der Waals surface area contributed by atoms with E-state index in [0.717, 1.165) is 0 Å². The number of nitrogens with zero attached hydrogens (tertiary/aromatic N) is 2. The lowest BCUT2D eigenvalue weighted by molar-refractivity contribution is 0.808. The molecule has 4 nitrogen and oxygen atoms in total. The second-order valence-electron chi connectivity index (χ2n) is 2.17. The van der Waals surface area contributed by atoms with Gasteiger partial charge >= 0.3 is 0 Å². The van der Waals surface area contributed by atoms with E-state index in [0.29, 0.717) is 22.4 Å². The highest BCUT2D eigenvalue weighted by atomic mass is 35.5. The van der Waals surface area contributed by atoms with Crippen LogP contribution in [-0.2, 0) is 6.54 Å². The minimum Gasteiger partial charge on any atom is -0.368 e. The highest BCUT2D eigenvalue weighted by Gasteiger charge is 2.08. The number of anilines is 1. The van der Waals surface area contributed by atoms with Crippen LogP contribution in [0.15, 0.2) is 0 Å². The summed E-state index contributed by atoms with van der Waals surface area (Å²) < 4.78 is 0. The molecule has 1 rings (SSSR count). The van der Waals surface area contributed by atoms with Gasteiger partial charge in [-0.3, -0.25) is 0 Å². The van der Waals surface area contributed by atoms with Crippen LogP contribution in [0.3, 0.4) is 0 Å². The lowest BCUT2D eigenvalue weighted by Gasteiger charge is -2.04. The smallest absolute Gasteiger partial charge is 0.222 e. The van der Waals surface area contributed by atoms with Crippen LogP contribution < -0.4 is 11.1 Å². The van der Waals surface area contributed by atoms with E-state index in [1.54, 1.807) is 7.05 Å². The predicted molar refractivity (Wildman–Crippen MR) is 49.2 cm³/mol. The predicted octanol–water partition coefficient (Wildman–Crippen LogP) is 1.08. The molecule has 0 atom stereocenters. The van der Waals surface area contributed by atoms with Gasteiger partial charge in [-0.25, -0.2) is 9.97 Å². The first-order valence-corrected chi connectivity index (χ1v) is 4.02. The highest BCUT2D eigenvalue weighted by Crippen LogP contribution is 2.21. The molecule has 1 heterocycles. The number of halogens is 2. The molecule has 0 aliphatic carbocycles. The fraction of sp³-hybridized carbons (Fsp3) is 0.333. The van der Waals surface area contributed by atoms with Crippen LogP contribution in [0.2, 0.25) is 10.3 Å². The molecule has 12 heavy (non-hydrogen) atoms. The van der Waals surface area contributed by atoms with Crippen molar-refractivity contribution in [3.05, 3.63) is 15.9 Å². The number of nitrogens with one attached hydrogen (secondary N) is 1. The molecule has 0 bridgehead atoms. The van der Waals surface area contributed by atoms with Gasteiger partial charge in [0.25, 0.3) is 0 Å². The van der Waals surface area contributed by atoms with Crippen molar-refractivity contribution in [2.45, 2.75) is 6.54 Å². The fourth-order valence-corrected chi connectivity index (χ4v) is 1.30. The van der Waals surface area contributed by atoms with Crippen molar-refractivity contribution >= 4 is 29.2 Å². The van der Waals surface area contributed by atoms with E-state index < -0.39 is 0 Å². The Labute approximate surface area is 80.1 Å². The Morgan fingerprint density at radius 3 is 2.25 bits per heavy atom. The van der Waals surface area contributed by atoms with Gasteiger partial charge in [0, 0.05) is 12.1 Å². The number of rotatable bonds is 2. The zero-order chi connectivity index (χ0) is 9.14. The summed E-state index contributed by atoms with van der Waals surface area (Å²) >= 11 is 11.5. The van der Waals surface area contributed by atoms with Crippen LogP contribution in [0, 0.1) is 0 Å². The van der Waals surface area contributed by atoms with Gasteiger partial charge in [0.05, 0.1) is 0 Å². The number of nitrogen functional groups attached to an aromatic ring is 1. The number of hydrogen-bond donors (Lipinski definition) is 2. The zero-order valence-corrected chi connectivity index (χ0v) is 7.95. The molecule has 0 saturated heterocycles. The molecule has 0 amide bonds. The van der Waals surface area contributed by atoms with Gasteiger partial charge in [0.15, 0.2) is 0 Å². The summed E-state index contributed by atoms with van der Waals surface area (Å²) in [5.41, 5.74) is 5.98. The number of hydrogen-bond acceptors (Lipinski definition) is 4. The molecule has 0 unspecified atom stereocenters. The Balaban J connectivity index is 3.10. The largest absolute Gasteiger partial charge is 0.368 e. The Kier molecular flexibility index (Phi) is 3.08. The van der Waals surface area contributed by atoms with Crippen LogP contribution >= 0.6 is 23.2 Å². The van der Waals surface area contributed by atoms with Crippen molar-refractivity contribution < 1.29 is 0 Å². The van der Waals surface area contributed by atoms with Crippen molar-refractivity contribution in [1.82, 2.24) is 15.3 Å². The van der Waals surface area contributed by atoms with Crippen LogP contribution in [0.5, 0.6) is 0 Å². The monoisotopic (exact) mass is 206 g/mol. The SMILES string of the molecule is CNCc1c(Cl)nc(N)nc1Cl. The molecule has 3 N–H and O–H groups in total. The third-order valence-corrected chi connectivity index (χ3v) is 1.90. The van der Waals surface area contributed by atoms with E-state index in [9.17, 15) is 0 Å². The molecule has 1 aromatic heterocycles. The standard InChI is InChI=1S/C6H8Cl2N4/c1-10-2-3-4(7)11-6(9)12-5(3)8/h10H,2H2,1H3,(H2,9,11,12). The highest BCUT2D eigenvalue weighted by molar-refractivity contribution is 6.34. The Bertz CT molecular complexity index is 266. The average Bonchev–Trinajstić information content (AvgIpc) is 1.96. The first kappa shape index (κ1) is 9.51. The maximum absolute atomic E-state index is 5.76. The lowest BCUT2D eigenvalue weighted by atomic mass is 10.3. The Morgan fingerprint density at radius 1 is 1.33 bits per heavy atom. The van der Waals surface area contributed by atoms with E-state index in [1.807, 2.05) is 0 Å². The molecular formula is C6H8Cl2N4. The molecule has 1 aromatic rings. The topological polar surface area (TPSA) is 63.8 Å². The maximum atomic E-state index is 5.76. The first-order valence-electron chi connectivity index (χ1n) is 3.27. The van der Waals surface area contributed by atoms with Crippen LogP contribution in [0.1, 0.15) is 5.56 Å². The van der Waals surface area contributed by atoms with Gasteiger partial charge in [0.2, 0.25) is 5.95 Å². The van der Waals surface area contributed by atoms with E-state index in [4.69, 9.17) is 28.9 Å². The second-order valence-corrected chi connectivity index (χ2v) is 2.89.